The van der Waals surface area contributed by atoms with Crippen LogP contribution in [0, 0.1) is 5.92 Å². The minimum absolute atomic E-state index is 0.156. The summed E-state index contributed by atoms with van der Waals surface area (Å²) < 4.78 is 16.7. The van der Waals surface area contributed by atoms with E-state index < -0.39 is 0 Å². The lowest BCUT2D eigenvalue weighted by molar-refractivity contribution is -0.178. The summed E-state index contributed by atoms with van der Waals surface area (Å²) in [6.07, 6.45) is 4.55. The molecule has 1 saturated heterocycles. The Morgan fingerprint density at radius 2 is 2.00 bits per heavy atom. The summed E-state index contributed by atoms with van der Waals surface area (Å²) in [6, 6.07) is 6.21. The van der Waals surface area contributed by atoms with Crippen LogP contribution in [-0.2, 0) is 25.4 Å². The van der Waals surface area contributed by atoms with Gasteiger partial charge in [0.05, 0.1) is 25.7 Å². The molecule has 2 fully saturated rings. The average Bonchev–Trinajstić information content (AvgIpc) is 3.04. The minimum Gasteiger partial charge on any atom is -0.466 e. The summed E-state index contributed by atoms with van der Waals surface area (Å²) in [6.45, 7) is 5.55. The first-order valence-corrected chi connectivity index (χ1v) is 9.63. The number of hydrogen-bond acceptors (Lipinski definition) is 4. The topological polar surface area (TPSA) is 44.8 Å². The maximum Gasteiger partial charge on any atom is 0.308 e. The summed E-state index contributed by atoms with van der Waals surface area (Å²) in [5.41, 5.74) is 2.27. The minimum atomic E-state index is -0.335. The summed E-state index contributed by atoms with van der Waals surface area (Å²) >= 11 is 6.56. The monoisotopic (exact) mass is 366 g/mol. The molecule has 1 spiro atoms. The third kappa shape index (κ3) is 4.36. The molecule has 0 bridgehead atoms. The van der Waals surface area contributed by atoms with Crippen molar-refractivity contribution >= 4 is 17.6 Å². The molecule has 1 atom stereocenters. The van der Waals surface area contributed by atoms with Gasteiger partial charge < -0.3 is 14.2 Å². The van der Waals surface area contributed by atoms with E-state index in [1.54, 1.807) is 0 Å². The second kappa shape index (κ2) is 8.07. The lowest BCUT2D eigenvalue weighted by atomic mass is 9.80. The van der Waals surface area contributed by atoms with E-state index in [1.807, 2.05) is 19.9 Å². The van der Waals surface area contributed by atoms with Crippen molar-refractivity contribution in [3.8, 4) is 0 Å². The zero-order chi connectivity index (χ0) is 17.9. The fourth-order valence-corrected chi connectivity index (χ4v) is 4.26. The summed E-state index contributed by atoms with van der Waals surface area (Å²) in [5.74, 6) is -0.204. The molecule has 1 aliphatic heterocycles. The Morgan fingerprint density at radius 1 is 1.32 bits per heavy atom. The summed E-state index contributed by atoms with van der Waals surface area (Å²) in [5, 5.41) is 0.794. The van der Waals surface area contributed by atoms with Gasteiger partial charge in [0.1, 0.15) is 0 Å². The van der Waals surface area contributed by atoms with Crippen LogP contribution >= 0.6 is 11.6 Å². The van der Waals surface area contributed by atoms with Gasteiger partial charge in [0.25, 0.3) is 0 Å². The van der Waals surface area contributed by atoms with E-state index in [4.69, 9.17) is 25.8 Å². The van der Waals surface area contributed by atoms with Crippen molar-refractivity contribution in [3.63, 3.8) is 0 Å². The van der Waals surface area contributed by atoms with Gasteiger partial charge in [0.2, 0.25) is 0 Å². The lowest BCUT2D eigenvalue weighted by Crippen LogP contribution is -2.34. The molecule has 0 aromatic heterocycles. The molecule has 1 unspecified atom stereocenters. The number of carbonyl (C=O) groups excluding carboxylic acids is 1. The molecule has 5 heteroatoms. The number of rotatable bonds is 5. The highest BCUT2D eigenvalue weighted by Crippen LogP contribution is 2.44. The normalized spacial score (nSPS) is 21.4. The van der Waals surface area contributed by atoms with E-state index in [0.717, 1.165) is 36.3 Å². The summed E-state index contributed by atoms with van der Waals surface area (Å²) in [7, 11) is 0. The van der Waals surface area contributed by atoms with Gasteiger partial charge in [-0.05, 0) is 49.3 Å². The molecule has 1 saturated carbocycles. The zero-order valence-electron chi connectivity index (χ0n) is 15.1. The van der Waals surface area contributed by atoms with E-state index in [2.05, 4.69) is 12.1 Å². The van der Waals surface area contributed by atoms with Gasteiger partial charge in [-0.25, -0.2) is 0 Å². The van der Waals surface area contributed by atoms with Crippen molar-refractivity contribution in [2.45, 2.75) is 57.7 Å². The highest BCUT2D eigenvalue weighted by atomic mass is 35.5. The first-order chi connectivity index (χ1) is 12.0. The third-order valence-corrected chi connectivity index (χ3v) is 5.62. The van der Waals surface area contributed by atoms with Gasteiger partial charge in [-0.1, -0.05) is 30.7 Å². The second-order valence-corrected chi connectivity index (χ2v) is 7.50. The van der Waals surface area contributed by atoms with Gasteiger partial charge in [-0.3, -0.25) is 4.79 Å². The maximum absolute atomic E-state index is 11.8. The van der Waals surface area contributed by atoms with E-state index >= 15 is 0 Å². The van der Waals surface area contributed by atoms with Crippen molar-refractivity contribution in [2.75, 3.05) is 19.8 Å². The van der Waals surface area contributed by atoms with Gasteiger partial charge >= 0.3 is 5.97 Å². The molecule has 0 amide bonds. The molecule has 4 nitrogen and oxygen atoms in total. The van der Waals surface area contributed by atoms with Crippen LogP contribution in [-0.4, -0.2) is 31.6 Å². The predicted octanol–water partition coefficient (Wildman–Crippen LogP) is 4.48. The molecule has 2 aliphatic rings. The molecule has 138 valence electrons. The van der Waals surface area contributed by atoms with Crippen LogP contribution < -0.4 is 0 Å². The van der Waals surface area contributed by atoms with Gasteiger partial charge in [-0.15, -0.1) is 0 Å². The van der Waals surface area contributed by atoms with Crippen LogP contribution in [0.15, 0.2) is 18.2 Å². The fraction of sp³-hybridized carbons (Fsp3) is 0.650. The molecule has 0 radical (unpaired) electrons. The molecular formula is C20H27ClO4. The van der Waals surface area contributed by atoms with Crippen LogP contribution in [0.2, 0.25) is 5.02 Å². The fourth-order valence-electron chi connectivity index (χ4n) is 3.90. The van der Waals surface area contributed by atoms with Gasteiger partial charge in [0, 0.05) is 17.9 Å². The molecule has 1 aliphatic carbocycles. The smallest absolute Gasteiger partial charge is 0.308 e. The van der Waals surface area contributed by atoms with Gasteiger partial charge in [0.15, 0.2) is 5.79 Å². The van der Waals surface area contributed by atoms with Crippen LogP contribution in [0.3, 0.4) is 0 Å². The van der Waals surface area contributed by atoms with E-state index in [9.17, 15) is 4.79 Å². The van der Waals surface area contributed by atoms with E-state index in [-0.39, 0.29) is 17.7 Å². The average molecular weight is 367 g/mol. The quantitative estimate of drug-likeness (QED) is 0.720. The van der Waals surface area contributed by atoms with Crippen molar-refractivity contribution in [1.82, 2.24) is 0 Å². The Labute approximate surface area is 154 Å². The molecule has 1 aromatic rings. The third-order valence-electron chi connectivity index (χ3n) is 5.30. The van der Waals surface area contributed by atoms with Crippen molar-refractivity contribution in [3.05, 3.63) is 34.3 Å². The van der Waals surface area contributed by atoms with E-state index in [1.165, 1.54) is 5.56 Å². The van der Waals surface area contributed by atoms with Crippen LogP contribution in [0.4, 0.5) is 0 Å². The Balaban J connectivity index is 1.61. The standard InChI is InChI=1S/C20H27ClO4/c1-3-23-19(22)14(2)12-15-4-5-17(18(21)13-15)16-6-8-20(9-7-16)24-10-11-25-20/h4-5,13-14,16H,3,6-12H2,1-2H3. The predicted molar refractivity (Wildman–Crippen MR) is 96.8 cm³/mol. The highest BCUT2D eigenvalue weighted by Gasteiger charge is 2.40. The summed E-state index contributed by atoms with van der Waals surface area (Å²) in [4.78, 5) is 11.8. The van der Waals surface area contributed by atoms with Crippen LogP contribution in [0.1, 0.15) is 56.6 Å². The molecule has 1 heterocycles. The Morgan fingerprint density at radius 3 is 2.60 bits per heavy atom. The highest BCUT2D eigenvalue weighted by molar-refractivity contribution is 6.31. The number of halogens is 1. The second-order valence-electron chi connectivity index (χ2n) is 7.09. The number of ether oxygens (including phenoxy) is 3. The zero-order valence-corrected chi connectivity index (χ0v) is 15.8. The first-order valence-electron chi connectivity index (χ1n) is 9.26. The van der Waals surface area contributed by atoms with Gasteiger partial charge in [-0.2, -0.15) is 0 Å². The molecule has 3 rings (SSSR count). The van der Waals surface area contributed by atoms with Crippen molar-refractivity contribution in [2.24, 2.45) is 5.92 Å². The number of carbonyl (C=O) groups is 1. The van der Waals surface area contributed by atoms with Crippen molar-refractivity contribution < 1.29 is 19.0 Å². The lowest BCUT2D eigenvalue weighted by Gasteiger charge is -2.35. The van der Waals surface area contributed by atoms with Crippen molar-refractivity contribution in [1.29, 1.82) is 0 Å². The SMILES string of the molecule is CCOC(=O)C(C)Cc1ccc(C2CCC3(CC2)OCCO3)c(Cl)c1. The van der Waals surface area contributed by atoms with Crippen LogP contribution in [0.5, 0.6) is 0 Å². The van der Waals surface area contributed by atoms with E-state index in [0.29, 0.717) is 32.2 Å². The van der Waals surface area contributed by atoms with Crippen LogP contribution in [0.25, 0.3) is 0 Å². The Kier molecular flexibility index (Phi) is 6.03. The Bertz CT molecular complexity index is 600. The Hall–Kier alpha value is -1.10. The molecule has 0 N–H and O–H groups in total. The number of esters is 1. The molecule has 25 heavy (non-hydrogen) atoms. The largest absolute Gasteiger partial charge is 0.466 e. The number of benzene rings is 1. The first kappa shape index (κ1) is 18.7. The molecular weight excluding hydrogens is 340 g/mol. The maximum atomic E-state index is 11.8. The molecule has 1 aromatic carbocycles. The number of hydrogen-bond donors (Lipinski definition) is 0.